The zero-order chi connectivity index (χ0) is 24.9. The van der Waals surface area contributed by atoms with Gasteiger partial charge in [-0.05, 0) is 72.2 Å². The number of nitrogens with zero attached hydrogens (tertiary/aromatic N) is 5. The van der Waals surface area contributed by atoms with Crippen molar-refractivity contribution < 1.29 is 0 Å². The molecule has 0 amide bonds. The molecule has 36 heavy (non-hydrogen) atoms. The van der Waals surface area contributed by atoms with Crippen molar-refractivity contribution in [1.29, 1.82) is 0 Å². The number of tetrazole rings is 1. The van der Waals surface area contributed by atoms with Crippen molar-refractivity contribution in [3.63, 3.8) is 0 Å². The number of aryl methyl sites for hydroxylation is 1. The zero-order valence-corrected chi connectivity index (χ0v) is 21.4. The summed E-state index contributed by atoms with van der Waals surface area (Å²) < 4.78 is 2.08. The van der Waals surface area contributed by atoms with Crippen molar-refractivity contribution in [2.45, 2.75) is 77.4 Å². The van der Waals surface area contributed by atoms with Gasteiger partial charge in [-0.2, -0.15) is 0 Å². The molecule has 1 aliphatic rings. The minimum Gasteiger partial charge on any atom is -0.322 e. The second-order valence-electron chi connectivity index (χ2n) is 10.1. The second-order valence-corrected chi connectivity index (χ2v) is 10.1. The van der Waals surface area contributed by atoms with Gasteiger partial charge in [-0.1, -0.05) is 68.1 Å². The van der Waals surface area contributed by atoms with Crippen LogP contribution in [0, 0.1) is 6.92 Å². The molecule has 0 aliphatic heterocycles. The third-order valence-corrected chi connectivity index (χ3v) is 7.54. The van der Waals surface area contributed by atoms with Crippen LogP contribution >= 0.6 is 0 Å². The first-order valence-electron chi connectivity index (χ1n) is 13.3. The first-order chi connectivity index (χ1) is 17.6. The number of rotatable bonds is 9. The van der Waals surface area contributed by atoms with Crippen LogP contribution in [0.1, 0.15) is 80.0 Å². The minimum atomic E-state index is -0.0298. The van der Waals surface area contributed by atoms with Gasteiger partial charge in [0.2, 0.25) is 0 Å². The highest BCUT2D eigenvalue weighted by atomic mass is 16.1. The number of aromatic nitrogens is 5. The van der Waals surface area contributed by atoms with Crippen LogP contribution in [0.3, 0.4) is 0 Å². The third kappa shape index (κ3) is 5.41. The van der Waals surface area contributed by atoms with Crippen molar-refractivity contribution in [2.24, 2.45) is 0 Å². The van der Waals surface area contributed by atoms with Gasteiger partial charge in [0.15, 0.2) is 5.82 Å². The number of benzene rings is 2. The zero-order valence-electron chi connectivity index (χ0n) is 21.4. The molecular weight excluding hydrogens is 448 g/mol. The summed E-state index contributed by atoms with van der Waals surface area (Å²) >= 11 is 0. The molecule has 1 aliphatic carbocycles. The summed E-state index contributed by atoms with van der Waals surface area (Å²) in [4.78, 5) is 18.6. The van der Waals surface area contributed by atoms with Crippen molar-refractivity contribution >= 4 is 10.9 Å². The predicted molar refractivity (Wildman–Crippen MR) is 143 cm³/mol. The molecule has 7 heteroatoms. The van der Waals surface area contributed by atoms with Crippen molar-refractivity contribution in [3.05, 3.63) is 87.5 Å². The first-order valence-corrected chi connectivity index (χ1v) is 13.3. The Morgan fingerprint density at radius 3 is 2.67 bits per heavy atom. The smallest absolute Gasteiger partial charge is 0.252 e. The maximum atomic E-state index is 13.1. The van der Waals surface area contributed by atoms with E-state index < -0.39 is 0 Å². The highest BCUT2D eigenvalue weighted by molar-refractivity contribution is 5.79. The lowest BCUT2D eigenvalue weighted by atomic mass is 9.95. The molecule has 7 nitrogen and oxygen atoms in total. The Labute approximate surface area is 212 Å². The average Bonchev–Trinajstić information content (AvgIpc) is 3.39. The van der Waals surface area contributed by atoms with Crippen LogP contribution in [0.5, 0.6) is 0 Å². The van der Waals surface area contributed by atoms with E-state index in [9.17, 15) is 4.79 Å². The van der Waals surface area contributed by atoms with E-state index >= 15 is 0 Å². The number of hydrogen-bond donors (Lipinski definition) is 1. The van der Waals surface area contributed by atoms with Crippen LogP contribution in [0.25, 0.3) is 10.9 Å². The second kappa shape index (κ2) is 11.2. The van der Waals surface area contributed by atoms with Crippen LogP contribution in [-0.2, 0) is 13.0 Å². The molecule has 2 aromatic heterocycles. The van der Waals surface area contributed by atoms with Gasteiger partial charge < -0.3 is 4.98 Å². The van der Waals surface area contributed by atoms with Gasteiger partial charge in [-0.15, -0.1) is 5.10 Å². The molecule has 0 bridgehead atoms. The summed E-state index contributed by atoms with van der Waals surface area (Å²) in [6.45, 7) is 5.62. The molecule has 1 fully saturated rings. The normalized spacial score (nSPS) is 15.5. The summed E-state index contributed by atoms with van der Waals surface area (Å²) in [5.74, 6) is 0.922. The molecule has 1 unspecified atom stereocenters. The number of nitrogens with one attached hydrogen (secondary N) is 1. The Morgan fingerprint density at radius 1 is 1.08 bits per heavy atom. The fraction of sp³-hybridized carbons (Fsp3) is 0.448. The summed E-state index contributed by atoms with van der Waals surface area (Å²) in [5, 5.41) is 14.2. The molecule has 188 valence electrons. The van der Waals surface area contributed by atoms with Crippen LogP contribution in [0.2, 0.25) is 0 Å². The highest BCUT2D eigenvalue weighted by Gasteiger charge is 2.29. The van der Waals surface area contributed by atoms with Crippen LogP contribution < -0.4 is 5.56 Å². The standard InChI is InChI=1S/C29H36N6O/c1-3-27(28-31-32-33-35(28)25-12-8-5-9-13-25)34(17-16-22-10-6-4-7-11-22)20-24-19-23-18-21(2)14-15-26(23)30-29(24)36/h4,6-7,10-11,14-15,18-19,25,27H,3,5,8-9,12-13,16-17,20H2,1-2H3,(H,30,36). The first kappa shape index (κ1) is 24.4. The molecule has 5 rings (SSSR count). The van der Waals surface area contributed by atoms with E-state index in [0.717, 1.165) is 54.5 Å². The highest BCUT2D eigenvalue weighted by Crippen LogP contribution is 2.32. The summed E-state index contributed by atoms with van der Waals surface area (Å²) in [7, 11) is 0. The summed E-state index contributed by atoms with van der Waals surface area (Å²) in [5.41, 5.74) is 4.08. The number of hydrogen-bond acceptors (Lipinski definition) is 5. The van der Waals surface area contributed by atoms with Crippen molar-refractivity contribution in [1.82, 2.24) is 30.1 Å². The number of pyridine rings is 1. The molecule has 0 spiro atoms. The SMILES string of the molecule is CCC(c1nnnn1C1CCCCC1)N(CCc1ccccc1)Cc1cc2cc(C)ccc2[nH]c1=O. The maximum absolute atomic E-state index is 13.1. The lowest BCUT2D eigenvalue weighted by molar-refractivity contribution is 0.165. The third-order valence-electron chi connectivity index (χ3n) is 7.54. The van der Waals surface area contributed by atoms with E-state index in [1.54, 1.807) is 0 Å². The van der Waals surface area contributed by atoms with Gasteiger partial charge in [0, 0.05) is 24.2 Å². The van der Waals surface area contributed by atoms with Gasteiger partial charge in [0.25, 0.3) is 5.56 Å². The van der Waals surface area contributed by atoms with Crippen LogP contribution in [0.15, 0.2) is 59.4 Å². The number of aromatic amines is 1. The topological polar surface area (TPSA) is 79.7 Å². The predicted octanol–water partition coefficient (Wildman–Crippen LogP) is 5.52. The Hall–Kier alpha value is -3.32. The lowest BCUT2D eigenvalue weighted by Crippen LogP contribution is -2.34. The molecule has 1 saturated carbocycles. The Bertz CT molecular complexity index is 1340. The van der Waals surface area contributed by atoms with E-state index in [4.69, 9.17) is 0 Å². The molecule has 0 radical (unpaired) electrons. The summed E-state index contributed by atoms with van der Waals surface area (Å²) in [6, 6.07) is 19.1. The Kier molecular flexibility index (Phi) is 7.56. The fourth-order valence-corrected chi connectivity index (χ4v) is 5.58. The van der Waals surface area contributed by atoms with E-state index in [1.807, 2.05) is 24.3 Å². The molecule has 4 aromatic rings. The van der Waals surface area contributed by atoms with Crippen LogP contribution in [-0.4, -0.2) is 36.6 Å². The quantitative estimate of drug-likeness (QED) is 0.338. The monoisotopic (exact) mass is 484 g/mol. The largest absolute Gasteiger partial charge is 0.322 e. The maximum Gasteiger partial charge on any atom is 0.252 e. The van der Waals surface area contributed by atoms with Gasteiger partial charge in [-0.25, -0.2) is 4.68 Å². The number of fused-ring (bicyclic) bond motifs is 1. The van der Waals surface area contributed by atoms with E-state index in [-0.39, 0.29) is 11.6 Å². The lowest BCUT2D eigenvalue weighted by Gasteiger charge is -2.32. The van der Waals surface area contributed by atoms with Gasteiger partial charge in [0.05, 0.1) is 12.1 Å². The molecular formula is C29H36N6O. The fourth-order valence-electron chi connectivity index (χ4n) is 5.58. The van der Waals surface area contributed by atoms with E-state index in [2.05, 4.69) is 74.3 Å². The van der Waals surface area contributed by atoms with Gasteiger partial charge in [0.1, 0.15) is 0 Å². The van der Waals surface area contributed by atoms with Gasteiger partial charge >= 0.3 is 0 Å². The van der Waals surface area contributed by atoms with Crippen molar-refractivity contribution in [2.75, 3.05) is 6.54 Å². The molecule has 1 N–H and O–H groups in total. The molecule has 2 heterocycles. The van der Waals surface area contributed by atoms with Crippen LogP contribution in [0.4, 0.5) is 0 Å². The summed E-state index contributed by atoms with van der Waals surface area (Å²) in [6.07, 6.45) is 7.76. The molecule has 2 aromatic carbocycles. The van der Waals surface area contributed by atoms with Gasteiger partial charge in [-0.3, -0.25) is 9.69 Å². The Morgan fingerprint density at radius 2 is 1.89 bits per heavy atom. The van der Waals surface area contributed by atoms with E-state index in [0.29, 0.717) is 12.6 Å². The molecule has 1 atom stereocenters. The van der Waals surface area contributed by atoms with Crippen molar-refractivity contribution in [3.8, 4) is 0 Å². The average molecular weight is 485 g/mol. The number of H-pyrrole nitrogens is 1. The molecule has 0 saturated heterocycles. The Balaban J connectivity index is 1.48. The minimum absolute atomic E-state index is 0.0262. The van der Waals surface area contributed by atoms with E-state index in [1.165, 1.54) is 30.4 Å².